The maximum Gasteiger partial charge on any atom is 0.422 e. The molecule has 0 saturated heterocycles. The van der Waals surface area contributed by atoms with Crippen LogP contribution < -0.4 is 15.2 Å². The van der Waals surface area contributed by atoms with E-state index in [0.717, 1.165) is 0 Å². The first-order valence-corrected chi connectivity index (χ1v) is 7.41. The molecule has 0 radical (unpaired) electrons. The zero-order chi connectivity index (χ0) is 21.2. The third kappa shape index (κ3) is 9.04. The molecule has 2 heterocycles. The standard InChI is InChI=1S/C8H5F3N2O.C8H9F3N2O/c1-12-7-6(3-2-4-13-7)14-5-8(9,10)11;9-8(10,11)5-14-7-2-1-3-13-6(7)4-12/h2-4H,5H2;1-3H,4-5,12H2. The van der Waals surface area contributed by atoms with Crippen LogP contribution >= 0.6 is 0 Å². The van der Waals surface area contributed by atoms with E-state index in [4.69, 9.17) is 12.3 Å². The smallest absolute Gasteiger partial charge is 0.422 e. The molecule has 6 nitrogen and oxygen atoms in total. The van der Waals surface area contributed by atoms with Crippen molar-refractivity contribution in [2.24, 2.45) is 5.73 Å². The van der Waals surface area contributed by atoms with Gasteiger partial charge in [0, 0.05) is 12.7 Å². The van der Waals surface area contributed by atoms with Gasteiger partial charge >= 0.3 is 18.2 Å². The molecule has 0 aliphatic carbocycles. The van der Waals surface area contributed by atoms with Gasteiger partial charge in [-0.15, -0.1) is 4.98 Å². The SMILES string of the molecule is NCc1ncccc1OCC(F)(F)F.[C-]#[N+]c1ncccc1OCC(F)(F)F. The van der Waals surface area contributed by atoms with Crippen molar-refractivity contribution in [1.29, 1.82) is 0 Å². The molecule has 0 aromatic carbocycles. The van der Waals surface area contributed by atoms with Crippen molar-refractivity contribution in [3.63, 3.8) is 0 Å². The molecule has 12 heteroatoms. The van der Waals surface area contributed by atoms with Crippen LogP contribution in [0, 0.1) is 6.57 Å². The van der Waals surface area contributed by atoms with Gasteiger partial charge in [0.2, 0.25) is 0 Å². The number of halogens is 6. The minimum atomic E-state index is -4.41. The summed E-state index contributed by atoms with van der Waals surface area (Å²) in [5.41, 5.74) is 5.58. The minimum Gasteiger partial charge on any atom is -0.493 e. The van der Waals surface area contributed by atoms with E-state index < -0.39 is 25.6 Å². The van der Waals surface area contributed by atoms with E-state index in [-0.39, 0.29) is 23.9 Å². The van der Waals surface area contributed by atoms with Gasteiger partial charge in [0.15, 0.2) is 13.2 Å². The van der Waals surface area contributed by atoms with E-state index in [1.807, 2.05) is 0 Å². The van der Waals surface area contributed by atoms with Gasteiger partial charge < -0.3 is 20.1 Å². The van der Waals surface area contributed by atoms with Gasteiger partial charge in [0.1, 0.15) is 17.7 Å². The Morgan fingerprint density at radius 2 is 1.39 bits per heavy atom. The van der Waals surface area contributed by atoms with Crippen molar-refractivity contribution in [3.8, 4) is 11.5 Å². The molecule has 0 unspecified atom stereocenters. The molecular formula is C16H14F6N4O2. The lowest BCUT2D eigenvalue weighted by atomic mass is 10.3. The maximum atomic E-state index is 11.8. The summed E-state index contributed by atoms with van der Waals surface area (Å²) in [5.74, 6) is -0.246. The van der Waals surface area contributed by atoms with E-state index in [1.165, 1.54) is 36.7 Å². The van der Waals surface area contributed by atoms with Crippen LogP contribution in [0.4, 0.5) is 32.2 Å². The van der Waals surface area contributed by atoms with Gasteiger partial charge in [0.05, 0.1) is 5.69 Å². The summed E-state index contributed by atoms with van der Waals surface area (Å²) in [5, 5.41) is 0. The Morgan fingerprint density at radius 3 is 1.89 bits per heavy atom. The maximum absolute atomic E-state index is 11.8. The third-order valence-electron chi connectivity index (χ3n) is 2.68. The van der Waals surface area contributed by atoms with Crippen LogP contribution in [0.5, 0.6) is 11.5 Å². The monoisotopic (exact) mass is 408 g/mol. The number of pyridine rings is 2. The molecule has 2 rings (SSSR count). The van der Waals surface area contributed by atoms with Crippen LogP contribution in [0.15, 0.2) is 36.7 Å². The minimum absolute atomic E-state index is 0.0496. The third-order valence-corrected chi connectivity index (χ3v) is 2.68. The van der Waals surface area contributed by atoms with Crippen LogP contribution in [-0.4, -0.2) is 35.5 Å². The number of rotatable bonds is 5. The Morgan fingerprint density at radius 1 is 0.893 bits per heavy atom. The summed E-state index contributed by atoms with van der Waals surface area (Å²) < 4.78 is 79.6. The Balaban J connectivity index is 0.000000280. The normalized spacial score (nSPS) is 11.1. The van der Waals surface area contributed by atoms with Gasteiger partial charge in [-0.1, -0.05) is 6.57 Å². The van der Waals surface area contributed by atoms with E-state index in [2.05, 4.69) is 24.3 Å². The molecule has 0 amide bonds. The first-order valence-electron chi connectivity index (χ1n) is 7.41. The van der Waals surface area contributed by atoms with Crippen molar-refractivity contribution in [1.82, 2.24) is 9.97 Å². The Kier molecular flexibility index (Phi) is 8.46. The molecule has 0 spiro atoms. The van der Waals surface area contributed by atoms with Gasteiger partial charge in [-0.3, -0.25) is 4.98 Å². The summed E-state index contributed by atoms with van der Waals surface area (Å²) in [4.78, 5) is 10.2. The number of nitrogens with zero attached hydrogens (tertiary/aromatic N) is 3. The molecule has 0 saturated carbocycles. The van der Waals surface area contributed by atoms with E-state index >= 15 is 0 Å². The van der Waals surface area contributed by atoms with Crippen LogP contribution in [0.25, 0.3) is 4.85 Å². The first-order chi connectivity index (χ1) is 13.1. The Bertz CT molecular complexity index is 790. The number of nitrogens with two attached hydrogens (primary N) is 1. The highest BCUT2D eigenvalue weighted by atomic mass is 19.4. The number of ether oxygens (including phenoxy) is 2. The number of aromatic nitrogens is 2. The zero-order valence-corrected chi connectivity index (χ0v) is 14.1. The van der Waals surface area contributed by atoms with Crippen molar-refractivity contribution < 1.29 is 35.8 Å². The molecule has 28 heavy (non-hydrogen) atoms. The van der Waals surface area contributed by atoms with Crippen molar-refractivity contribution in [3.05, 3.63) is 53.8 Å². The highest BCUT2D eigenvalue weighted by Gasteiger charge is 2.29. The second-order valence-electron chi connectivity index (χ2n) is 4.90. The van der Waals surface area contributed by atoms with Gasteiger partial charge in [-0.05, 0) is 24.3 Å². The first kappa shape index (κ1) is 23.0. The highest BCUT2D eigenvalue weighted by molar-refractivity contribution is 5.50. The quantitative estimate of drug-likeness (QED) is 0.597. The fourth-order valence-corrected chi connectivity index (χ4v) is 1.61. The van der Waals surface area contributed by atoms with Crippen LogP contribution in [0.2, 0.25) is 0 Å². The molecule has 0 aliphatic heterocycles. The molecule has 2 N–H and O–H groups in total. The summed E-state index contributed by atoms with van der Waals surface area (Å²) in [6.07, 6.45) is -5.99. The van der Waals surface area contributed by atoms with E-state index in [0.29, 0.717) is 5.69 Å². The molecule has 0 atom stereocenters. The lowest BCUT2D eigenvalue weighted by molar-refractivity contribution is -0.154. The summed E-state index contributed by atoms with van der Waals surface area (Å²) >= 11 is 0. The molecule has 0 bridgehead atoms. The van der Waals surface area contributed by atoms with Crippen molar-refractivity contribution in [2.75, 3.05) is 13.2 Å². The number of hydrogen-bond acceptors (Lipinski definition) is 5. The molecule has 152 valence electrons. The molecule has 0 fully saturated rings. The van der Waals surface area contributed by atoms with E-state index in [9.17, 15) is 26.3 Å². The second kappa shape index (κ2) is 10.3. The average molecular weight is 408 g/mol. The van der Waals surface area contributed by atoms with Crippen molar-refractivity contribution in [2.45, 2.75) is 18.9 Å². The van der Waals surface area contributed by atoms with E-state index in [1.54, 1.807) is 0 Å². The van der Waals surface area contributed by atoms with Crippen LogP contribution in [0.1, 0.15) is 5.69 Å². The fraction of sp³-hybridized carbons (Fsp3) is 0.312. The summed E-state index contributed by atoms with van der Waals surface area (Å²) in [6, 6.07) is 5.57. The topological polar surface area (TPSA) is 74.6 Å². The fourth-order valence-electron chi connectivity index (χ4n) is 1.61. The number of hydrogen-bond donors (Lipinski definition) is 1. The summed E-state index contributed by atoms with van der Waals surface area (Å²) in [6.45, 7) is 3.93. The Hall–Kier alpha value is -3.07. The van der Waals surface area contributed by atoms with Crippen LogP contribution in [-0.2, 0) is 6.54 Å². The predicted octanol–water partition coefficient (Wildman–Crippen LogP) is 4.05. The highest BCUT2D eigenvalue weighted by Crippen LogP contribution is 2.26. The lowest BCUT2D eigenvalue weighted by Crippen LogP contribution is -2.20. The zero-order valence-electron chi connectivity index (χ0n) is 14.1. The second-order valence-corrected chi connectivity index (χ2v) is 4.90. The van der Waals surface area contributed by atoms with Gasteiger partial charge in [-0.2, -0.15) is 26.3 Å². The summed E-state index contributed by atoms with van der Waals surface area (Å²) in [7, 11) is 0. The number of alkyl halides is 6. The van der Waals surface area contributed by atoms with Crippen molar-refractivity contribution >= 4 is 5.82 Å². The Labute approximate surface area is 155 Å². The van der Waals surface area contributed by atoms with Gasteiger partial charge in [0.25, 0.3) is 0 Å². The molecule has 2 aromatic heterocycles. The molecule has 2 aromatic rings. The average Bonchev–Trinajstić information content (AvgIpc) is 2.64. The van der Waals surface area contributed by atoms with Gasteiger partial charge in [-0.25, -0.2) is 0 Å². The van der Waals surface area contributed by atoms with Crippen LogP contribution in [0.3, 0.4) is 0 Å². The predicted molar refractivity (Wildman–Crippen MR) is 85.7 cm³/mol. The molecule has 0 aliphatic rings. The molecular weight excluding hydrogens is 394 g/mol. The largest absolute Gasteiger partial charge is 0.493 e. The lowest BCUT2D eigenvalue weighted by Gasteiger charge is -2.10.